The smallest absolute Gasteiger partial charge is 0.404 e. The molecule has 0 aliphatic heterocycles. The molecule has 0 unspecified atom stereocenters. The SMILES string of the molecule is CCc1cc(OC(F)(F)F)c(S(=O)(=O)Cl)cc1[N+](=O)[O-]. The van der Waals surface area contributed by atoms with E-state index < -0.39 is 36.7 Å². The number of hydrogen-bond donors (Lipinski definition) is 0. The Morgan fingerprint density at radius 2 is 1.95 bits per heavy atom. The lowest BCUT2D eigenvalue weighted by atomic mass is 10.1. The van der Waals surface area contributed by atoms with Gasteiger partial charge in [0.25, 0.3) is 14.7 Å². The molecule has 0 atom stereocenters. The average Bonchev–Trinajstić information content (AvgIpc) is 2.24. The standard InChI is InChI=1S/C9H7ClF3NO5S/c1-2-5-3-7(19-9(11,12)13)8(20(10,17)18)4-6(5)14(15)16/h3-4H,2H2,1H3. The summed E-state index contributed by atoms with van der Waals surface area (Å²) in [6, 6.07) is 1.09. The molecule has 0 aliphatic rings. The summed E-state index contributed by atoms with van der Waals surface area (Å²) in [6.45, 7) is 1.45. The van der Waals surface area contributed by atoms with Crippen molar-refractivity contribution in [1.29, 1.82) is 0 Å². The highest BCUT2D eigenvalue weighted by atomic mass is 35.7. The summed E-state index contributed by atoms with van der Waals surface area (Å²) in [7, 11) is 0.323. The Morgan fingerprint density at radius 3 is 2.30 bits per heavy atom. The van der Waals surface area contributed by atoms with E-state index in [0.717, 1.165) is 0 Å². The van der Waals surface area contributed by atoms with Gasteiger partial charge in [-0.05, 0) is 12.5 Å². The predicted molar refractivity (Wildman–Crippen MR) is 62.2 cm³/mol. The van der Waals surface area contributed by atoms with Gasteiger partial charge in [0.05, 0.1) is 4.92 Å². The summed E-state index contributed by atoms with van der Waals surface area (Å²) < 4.78 is 62.6. The number of rotatable bonds is 4. The van der Waals surface area contributed by atoms with Crippen LogP contribution in [0.2, 0.25) is 0 Å². The molecule has 0 saturated heterocycles. The van der Waals surface area contributed by atoms with E-state index in [1.54, 1.807) is 0 Å². The number of nitrogens with zero attached hydrogens (tertiary/aromatic N) is 1. The highest BCUT2D eigenvalue weighted by molar-refractivity contribution is 8.13. The van der Waals surface area contributed by atoms with Crippen LogP contribution in [0.5, 0.6) is 5.75 Å². The Balaban J connectivity index is 3.61. The van der Waals surface area contributed by atoms with Gasteiger partial charge in [-0.25, -0.2) is 8.42 Å². The lowest BCUT2D eigenvalue weighted by molar-refractivity contribution is -0.385. The number of alkyl halides is 3. The molecule has 1 rings (SSSR count). The molecular weight excluding hydrogens is 327 g/mol. The molecule has 6 nitrogen and oxygen atoms in total. The van der Waals surface area contributed by atoms with Gasteiger partial charge in [-0.1, -0.05) is 6.92 Å². The Hall–Kier alpha value is -1.55. The third-order valence-electron chi connectivity index (χ3n) is 2.21. The van der Waals surface area contributed by atoms with Crippen molar-refractivity contribution >= 4 is 25.4 Å². The fraction of sp³-hybridized carbons (Fsp3) is 0.333. The molecule has 11 heteroatoms. The maximum atomic E-state index is 12.2. The summed E-state index contributed by atoms with van der Waals surface area (Å²) in [6.07, 6.45) is -5.15. The van der Waals surface area contributed by atoms with E-state index >= 15 is 0 Å². The number of nitro groups is 1. The monoisotopic (exact) mass is 333 g/mol. The largest absolute Gasteiger partial charge is 0.573 e. The van der Waals surface area contributed by atoms with E-state index in [1.807, 2.05) is 0 Å². The van der Waals surface area contributed by atoms with Gasteiger partial charge in [-0.15, -0.1) is 13.2 Å². The zero-order valence-corrected chi connectivity index (χ0v) is 11.3. The van der Waals surface area contributed by atoms with Crippen molar-refractivity contribution in [3.05, 3.63) is 27.8 Å². The fourth-order valence-corrected chi connectivity index (χ4v) is 2.39. The minimum Gasteiger partial charge on any atom is -0.404 e. The maximum Gasteiger partial charge on any atom is 0.573 e. The van der Waals surface area contributed by atoms with Crippen LogP contribution in [-0.4, -0.2) is 19.7 Å². The van der Waals surface area contributed by atoms with Crippen LogP contribution in [-0.2, 0) is 15.5 Å². The first-order valence-corrected chi connectivity index (χ1v) is 7.28. The summed E-state index contributed by atoms with van der Waals surface area (Å²) in [4.78, 5) is 8.74. The van der Waals surface area contributed by atoms with Gasteiger partial charge in [0.1, 0.15) is 10.6 Å². The number of ether oxygens (including phenoxy) is 1. The Labute approximate surface area is 115 Å². The first kappa shape index (κ1) is 16.5. The molecule has 0 heterocycles. The summed E-state index contributed by atoms with van der Waals surface area (Å²) in [5.74, 6) is -1.10. The Bertz CT molecular complexity index is 644. The predicted octanol–water partition coefficient (Wildman–Crippen LogP) is 2.98. The van der Waals surface area contributed by atoms with Gasteiger partial charge >= 0.3 is 6.36 Å². The second-order valence-electron chi connectivity index (χ2n) is 3.52. The molecule has 0 radical (unpaired) electrons. The first-order chi connectivity index (χ1) is 8.95. The minimum atomic E-state index is -5.16. The van der Waals surface area contributed by atoms with E-state index in [0.29, 0.717) is 12.1 Å². The van der Waals surface area contributed by atoms with Crippen molar-refractivity contribution in [1.82, 2.24) is 0 Å². The van der Waals surface area contributed by atoms with Crippen LogP contribution in [0.15, 0.2) is 17.0 Å². The van der Waals surface area contributed by atoms with Gasteiger partial charge < -0.3 is 4.74 Å². The average molecular weight is 334 g/mol. The zero-order chi connectivity index (χ0) is 15.7. The number of aryl methyl sites for hydroxylation is 1. The summed E-state index contributed by atoms with van der Waals surface area (Å²) in [5.41, 5.74) is -0.764. The first-order valence-electron chi connectivity index (χ1n) is 4.97. The van der Waals surface area contributed by atoms with E-state index in [9.17, 15) is 31.7 Å². The molecule has 0 aromatic heterocycles. The van der Waals surface area contributed by atoms with Crippen LogP contribution < -0.4 is 4.74 Å². The van der Waals surface area contributed by atoms with Crippen molar-refractivity contribution in [2.24, 2.45) is 0 Å². The highest BCUT2D eigenvalue weighted by Gasteiger charge is 2.35. The van der Waals surface area contributed by atoms with Gasteiger partial charge in [-0.2, -0.15) is 0 Å². The van der Waals surface area contributed by atoms with Crippen LogP contribution in [0.1, 0.15) is 12.5 Å². The van der Waals surface area contributed by atoms with Gasteiger partial charge in [0.2, 0.25) is 0 Å². The zero-order valence-electron chi connectivity index (χ0n) is 9.77. The second kappa shape index (κ2) is 5.44. The molecule has 1 aromatic rings. The third kappa shape index (κ3) is 3.97. The Kier molecular flexibility index (Phi) is 4.49. The topological polar surface area (TPSA) is 86.5 Å². The van der Waals surface area contributed by atoms with Crippen molar-refractivity contribution in [2.45, 2.75) is 24.6 Å². The number of hydrogen-bond acceptors (Lipinski definition) is 5. The van der Waals surface area contributed by atoms with Crippen LogP contribution in [0, 0.1) is 10.1 Å². The molecule has 0 spiro atoms. The normalized spacial score (nSPS) is 12.2. The minimum absolute atomic E-state index is 0.00709. The van der Waals surface area contributed by atoms with Crippen LogP contribution in [0.4, 0.5) is 18.9 Å². The van der Waals surface area contributed by atoms with Crippen LogP contribution in [0.3, 0.4) is 0 Å². The molecule has 0 aliphatic carbocycles. The molecule has 0 saturated carbocycles. The van der Waals surface area contributed by atoms with E-state index in [1.165, 1.54) is 6.92 Å². The Morgan fingerprint density at radius 1 is 1.40 bits per heavy atom. The van der Waals surface area contributed by atoms with Gasteiger partial charge in [-0.3, -0.25) is 10.1 Å². The molecule has 0 amide bonds. The highest BCUT2D eigenvalue weighted by Crippen LogP contribution is 2.36. The van der Waals surface area contributed by atoms with Crippen LogP contribution in [0.25, 0.3) is 0 Å². The second-order valence-corrected chi connectivity index (χ2v) is 6.06. The maximum absolute atomic E-state index is 12.2. The third-order valence-corrected chi connectivity index (χ3v) is 3.55. The quantitative estimate of drug-likeness (QED) is 0.480. The van der Waals surface area contributed by atoms with Crippen molar-refractivity contribution in [3.63, 3.8) is 0 Å². The summed E-state index contributed by atoms with van der Waals surface area (Å²) in [5, 5.41) is 10.8. The van der Waals surface area contributed by atoms with Crippen molar-refractivity contribution < 1.29 is 31.2 Å². The summed E-state index contributed by atoms with van der Waals surface area (Å²) >= 11 is 0. The van der Waals surface area contributed by atoms with E-state index in [2.05, 4.69) is 4.74 Å². The lowest BCUT2D eigenvalue weighted by Gasteiger charge is -2.13. The van der Waals surface area contributed by atoms with Crippen molar-refractivity contribution in [3.8, 4) is 5.75 Å². The molecule has 0 N–H and O–H groups in total. The van der Waals surface area contributed by atoms with E-state index in [4.69, 9.17) is 10.7 Å². The molecule has 112 valence electrons. The molecule has 20 heavy (non-hydrogen) atoms. The molecule has 0 fully saturated rings. The molecule has 0 bridgehead atoms. The lowest BCUT2D eigenvalue weighted by Crippen LogP contribution is -2.19. The number of benzene rings is 1. The number of nitro benzene ring substituents is 1. The fourth-order valence-electron chi connectivity index (χ4n) is 1.44. The number of halogens is 4. The molecule has 1 aromatic carbocycles. The van der Waals surface area contributed by atoms with Crippen LogP contribution >= 0.6 is 10.7 Å². The van der Waals surface area contributed by atoms with Gasteiger partial charge in [0, 0.05) is 22.3 Å². The van der Waals surface area contributed by atoms with Crippen molar-refractivity contribution in [2.75, 3.05) is 0 Å². The van der Waals surface area contributed by atoms with E-state index in [-0.39, 0.29) is 12.0 Å². The molecular formula is C9H7ClF3NO5S. The van der Waals surface area contributed by atoms with Gasteiger partial charge in [0.15, 0.2) is 0 Å².